The van der Waals surface area contributed by atoms with E-state index >= 15 is 0 Å². The molecule has 15 heavy (non-hydrogen) atoms. The molecule has 0 saturated heterocycles. The number of hydrogen-bond donors (Lipinski definition) is 0. The van der Waals surface area contributed by atoms with Crippen LogP contribution < -0.4 is 0 Å². The molecule has 0 saturated carbocycles. The van der Waals surface area contributed by atoms with E-state index in [2.05, 4.69) is 6.58 Å². The summed E-state index contributed by atoms with van der Waals surface area (Å²) in [7, 11) is 0. The number of nitriles is 1. The number of rotatable bonds is 4. The monoisotopic (exact) mass is 195 g/mol. The predicted octanol–water partition coefficient (Wildman–Crippen LogP) is 3.73. The van der Waals surface area contributed by atoms with Crippen molar-refractivity contribution in [3.63, 3.8) is 0 Å². The highest BCUT2D eigenvalue weighted by molar-refractivity contribution is 5.53. The SMILES string of the molecule is C=CCC(C=Cc1ccccc1)=CC#N. The fourth-order valence-electron chi connectivity index (χ4n) is 1.19. The van der Waals surface area contributed by atoms with Gasteiger partial charge in [-0.05, 0) is 17.6 Å². The lowest BCUT2D eigenvalue weighted by Crippen LogP contribution is -1.75. The van der Waals surface area contributed by atoms with Gasteiger partial charge >= 0.3 is 0 Å². The molecule has 0 atom stereocenters. The van der Waals surface area contributed by atoms with E-state index in [1.54, 1.807) is 12.2 Å². The molecule has 1 heteroatoms. The van der Waals surface area contributed by atoms with Crippen LogP contribution in [0, 0.1) is 11.3 Å². The quantitative estimate of drug-likeness (QED) is 0.408. The number of hydrogen-bond acceptors (Lipinski definition) is 1. The molecular weight excluding hydrogens is 182 g/mol. The summed E-state index contributed by atoms with van der Waals surface area (Å²) in [6.07, 6.45) is 7.99. The molecule has 0 aromatic heterocycles. The van der Waals surface area contributed by atoms with E-state index in [9.17, 15) is 0 Å². The Morgan fingerprint density at radius 3 is 2.67 bits per heavy atom. The molecule has 0 unspecified atom stereocenters. The Kier molecular flexibility index (Phi) is 4.69. The third-order valence-corrected chi connectivity index (χ3v) is 1.92. The third kappa shape index (κ3) is 4.10. The highest BCUT2D eigenvalue weighted by Crippen LogP contribution is 2.08. The molecule has 0 radical (unpaired) electrons. The minimum Gasteiger partial charge on any atom is -0.193 e. The molecule has 0 spiro atoms. The molecule has 0 fully saturated rings. The second kappa shape index (κ2) is 6.39. The van der Waals surface area contributed by atoms with Crippen LogP contribution in [0.25, 0.3) is 6.08 Å². The summed E-state index contributed by atoms with van der Waals surface area (Å²) in [5.74, 6) is 0. The van der Waals surface area contributed by atoms with Gasteiger partial charge in [0.05, 0.1) is 6.07 Å². The van der Waals surface area contributed by atoms with Gasteiger partial charge in [0.2, 0.25) is 0 Å². The third-order valence-electron chi connectivity index (χ3n) is 1.92. The highest BCUT2D eigenvalue weighted by atomic mass is 14.2. The average molecular weight is 195 g/mol. The molecule has 0 heterocycles. The van der Waals surface area contributed by atoms with Crippen LogP contribution in [0.5, 0.6) is 0 Å². The predicted molar refractivity (Wildman–Crippen MR) is 64.0 cm³/mol. The maximum absolute atomic E-state index is 8.57. The van der Waals surface area contributed by atoms with Crippen LogP contribution in [0.1, 0.15) is 12.0 Å². The second-order valence-corrected chi connectivity index (χ2v) is 3.09. The smallest absolute Gasteiger partial charge is 0.0915 e. The van der Waals surface area contributed by atoms with Crippen molar-refractivity contribution in [2.24, 2.45) is 0 Å². The molecule has 1 aromatic rings. The average Bonchev–Trinajstić information content (AvgIpc) is 2.28. The maximum atomic E-state index is 8.57. The summed E-state index contributed by atoms with van der Waals surface area (Å²) < 4.78 is 0. The first kappa shape index (κ1) is 11.0. The zero-order valence-corrected chi connectivity index (χ0v) is 8.56. The van der Waals surface area contributed by atoms with Crippen LogP contribution in [0.3, 0.4) is 0 Å². The van der Waals surface area contributed by atoms with Crippen LogP contribution >= 0.6 is 0 Å². The number of nitrogens with zero attached hydrogens (tertiary/aromatic N) is 1. The molecule has 0 bridgehead atoms. The summed E-state index contributed by atoms with van der Waals surface area (Å²) in [6, 6.07) is 12.0. The Morgan fingerprint density at radius 2 is 2.07 bits per heavy atom. The van der Waals surface area contributed by atoms with Crippen molar-refractivity contribution in [3.05, 3.63) is 66.3 Å². The Balaban J connectivity index is 2.75. The van der Waals surface area contributed by atoms with Gasteiger partial charge in [-0.1, -0.05) is 48.6 Å². The van der Waals surface area contributed by atoms with Crippen molar-refractivity contribution < 1.29 is 0 Å². The minimum atomic E-state index is 0.719. The summed E-state index contributed by atoms with van der Waals surface area (Å²) in [4.78, 5) is 0. The van der Waals surface area contributed by atoms with Crippen LogP contribution in [0.2, 0.25) is 0 Å². The Hall–Kier alpha value is -2.07. The molecule has 0 aliphatic carbocycles. The summed E-state index contributed by atoms with van der Waals surface area (Å²) >= 11 is 0. The van der Waals surface area contributed by atoms with Gasteiger partial charge in [-0.3, -0.25) is 0 Å². The molecule has 1 aromatic carbocycles. The standard InChI is InChI=1S/C14H13N/c1-2-6-13(11-12-15)9-10-14-7-4-3-5-8-14/h2-5,7-11H,1,6H2. The first-order valence-electron chi connectivity index (χ1n) is 4.79. The second-order valence-electron chi connectivity index (χ2n) is 3.09. The van der Waals surface area contributed by atoms with Crippen molar-refractivity contribution in [2.45, 2.75) is 6.42 Å². The van der Waals surface area contributed by atoms with Crippen LogP contribution in [-0.2, 0) is 0 Å². The van der Waals surface area contributed by atoms with Gasteiger partial charge in [-0.2, -0.15) is 5.26 Å². The largest absolute Gasteiger partial charge is 0.193 e. The van der Waals surface area contributed by atoms with E-state index in [1.165, 1.54) is 0 Å². The van der Waals surface area contributed by atoms with E-state index in [0.29, 0.717) is 0 Å². The minimum absolute atomic E-state index is 0.719. The van der Waals surface area contributed by atoms with E-state index in [-0.39, 0.29) is 0 Å². The van der Waals surface area contributed by atoms with Gasteiger partial charge in [-0.25, -0.2) is 0 Å². The maximum Gasteiger partial charge on any atom is 0.0915 e. The molecule has 0 aliphatic heterocycles. The first-order chi connectivity index (χ1) is 7.36. The van der Waals surface area contributed by atoms with Crippen LogP contribution in [-0.4, -0.2) is 0 Å². The lowest BCUT2D eigenvalue weighted by molar-refractivity contribution is 1.30. The van der Waals surface area contributed by atoms with Gasteiger partial charge in [0.15, 0.2) is 0 Å². The summed E-state index contributed by atoms with van der Waals surface area (Å²) in [6.45, 7) is 3.65. The Bertz CT molecular complexity index is 405. The van der Waals surface area contributed by atoms with Gasteiger partial charge in [-0.15, -0.1) is 6.58 Å². The van der Waals surface area contributed by atoms with Crippen LogP contribution in [0.4, 0.5) is 0 Å². The molecular formula is C14H13N. The van der Waals surface area contributed by atoms with Crippen LogP contribution in [0.15, 0.2) is 60.7 Å². The Labute approximate surface area is 90.7 Å². The molecule has 1 nitrogen and oxygen atoms in total. The number of benzene rings is 1. The van der Waals surface area contributed by atoms with E-state index in [0.717, 1.165) is 17.6 Å². The lowest BCUT2D eigenvalue weighted by atomic mass is 10.1. The molecule has 0 amide bonds. The normalized spacial score (nSPS) is 11.3. The fourth-order valence-corrected chi connectivity index (χ4v) is 1.19. The molecule has 0 N–H and O–H groups in total. The highest BCUT2D eigenvalue weighted by Gasteiger charge is 1.88. The van der Waals surface area contributed by atoms with E-state index in [1.807, 2.05) is 48.6 Å². The van der Waals surface area contributed by atoms with Crippen molar-refractivity contribution in [2.75, 3.05) is 0 Å². The van der Waals surface area contributed by atoms with E-state index in [4.69, 9.17) is 5.26 Å². The van der Waals surface area contributed by atoms with Crippen molar-refractivity contribution >= 4 is 6.08 Å². The van der Waals surface area contributed by atoms with Gasteiger partial charge in [0.25, 0.3) is 0 Å². The van der Waals surface area contributed by atoms with Crippen molar-refractivity contribution in [1.82, 2.24) is 0 Å². The van der Waals surface area contributed by atoms with Gasteiger partial charge in [0.1, 0.15) is 0 Å². The molecule has 74 valence electrons. The summed E-state index contributed by atoms with van der Waals surface area (Å²) in [5, 5.41) is 8.57. The fraction of sp³-hybridized carbons (Fsp3) is 0.0714. The van der Waals surface area contributed by atoms with Crippen molar-refractivity contribution in [3.8, 4) is 6.07 Å². The first-order valence-corrected chi connectivity index (χ1v) is 4.79. The summed E-state index contributed by atoms with van der Waals surface area (Å²) in [5.41, 5.74) is 2.10. The molecule has 1 rings (SSSR count). The number of allylic oxidation sites excluding steroid dienone is 4. The zero-order chi connectivity index (χ0) is 10.9. The molecule has 0 aliphatic rings. The van der Waals surface area contributed by atoms with Gasteiger partial charge < -0.3 is 0 Å². The Morgan fingerprint density at radius 1 is 1.33 bits per heavy atom. The van der Waals surface area contributed by atoms with Crippen molar-refractivity contribution in [1.29, 1.82) is 5.26 Å². The topological polar surface area (TPSA) is 23.8 Å². The zero-order valence-electron chi connectivity index (χ0n) is 8.56. The van der Waals surface area contributed by atoms with Gasteiger partial charge in [0, 0.05) is 6.08 Å². The lowest BCUT2D eigenvalue weighted by Gasteiger charge is -1.94. The van der Waals surface area contributed by atoms with E-state index < -0.39 is 0 Å².